The molecule has 0 saturated heterocycles. The third-order valence-electron chi connectivity index (χ3n) is 1.97. The molecular formula is C6H15N2O2P. The normalized spacial score (nSPS) is 22.0. The summed E-state index contributed by atoms with van der Waals surface area (Å²) in [5.41, 5.74) is 0. The van der Waals surface area contributed by atoms with Crippen LogP contribution in [-0.4, -0.2) is 15.8 Å². The van der Waals surface area contributed by atoms with Crippen LogP contribution in [0.25, 0.3) is 0 Å². The summed E-state index contributed by atoms with van der Waals surface area (Å²) < 4.78 is 0. The first-order chi connectivity index (χ1) is 5.08. The van der Waals surface area contributed by atoms with Crippen LogP contribution in [0.3, 0.4) is 0 Å². The zero-order valence-corrected chi connectivity index (χ0v) is 7.35. The first kappa shape index (κ1) is 9.20. The van der Waals surface area contributed by atoms with Gasteiger partial charge in [0.15, 0.2) is 0 Å². The van der Waals surface area contributed by atoms with E-state index < -0.39 is 7.66 Å². The molecule has 1 saturated carbocycles. The van der Waals surface area contributed by atoms with Crippen molar-refractivity contribution in [1.82, 2.24) is 5.09 Å². The summed E-state index contributed by atoms with van der Waals surface area (Å²) in [4.78, 5) is 17.6. The second-order valence-corrected chi connectivity index (χ2v) is 4.53. The van der Waals surface area contributed by atoms with Crippen LogP contribution in [0.15, 0.2) is 0 Å². The van der Waals surface area contributed by atoms with Crippen molar-refractivity contribution in [2.24, 2.45) is 0 Å². The van der Waals surface area contributed by atoms with E-state index >= 15 is 0 Å². The van der Waals surface area contributed by atoms with Gasteiger partial charge in [0.1, 0.15) is 0 Å². The molecule has 0 heterocycles. The highest BCUT2D eigenvalue weighted by molar-refractivity contribution is 7.50. The van der Waals surface area contributed by atoms with Crippen molar-refractivity contribution < 1.29 is 9.79 Å². The molecule has 0 amide bonds. The van der Waals surface area contributed by atoms with Gasteiger partial charge in [0.05, 0.1) is 0 Å². The Balaban J connectivity index is 2.30. The molecule has 5 heteroatoms. The number of hydrogen-bond donors (Lipinski definition) is 4. The van der Waals surface area contributed by atoms with Crippen LogP contribution in [0.1, 0.15) is 32.1 Å². The lowest BCUT2D eigenvalue weighted by Gasteiger charge is -2.24. The molecule has 11 heavy (non-hydrogen) atoms. The van der Waals surface area contributed by atoms with Gasteiger partial charge < -0.3 is 9.79 Å². The van der Waals surface area contributed by atoms with Crippen molar-refractivity contribution in [2.75, 3.05) is 0 Å². The Morgan fingerprint density at radius 1 is 1.18 bits per heavy atom. The number of hydrogen-bond acceptors (Lipinski definition) is 1. The van der Waals surface area contributed by atoms with Crippen LogP contribution in [-0.2, 0) is 0 Å². The van der Waals surface area contributed by atoms with E-state index in [0.717, 1.165) is 25.7 Å². The third kappa shape index (κ3) is 3.87. The Labute approximate surface area is 66.7 Å². The molecule has 1 rings (SSSR count). The monoisotopic (exact) mass is 178 g/mol. The molecule has 0 aromatic rings. The maximum atomic E-state index is 8.79. The Bertz CT molecular complexity index is 162. The average Bonchev–Trinajstić information content (AvgIpc) is 1.85. The van der Waals surface area contributed by atoms with Gasteiger partial charge in [-0.15, -0.1) is 0 Å². The topological polar surface area (TPSA) is 76.3 Å². The van der Waals surface area contributed by atoms with Crippen LogP contribution < -0.4 is 5.09 Å². The summed E-state index contributed by atoms with van der Waals surface area (Å²) in [6.45, 7) is 0. The first-order valence-electron chi connectivity index (χ1n) is 3.95. The first-order valence-corrected chi connectivity index (χ1v) is 5.65. The zero-order chi connectivity index (χ0) is 8.32. The van der Waals surface area contributed by atoms with Gasteiger partial charge in [-0.2, -0.15) is 0 Å². The van der Waals surface area contributed by atoms with E-state index in [4.69, 9.17) is 14.9 Å². The minimum Gasteiger partial charge on any atom is -0.328 e. The lowest BCUT2D eigenvalue weighted by atomic mass is 9.96. The Kier molecular flexibility index (Phi) is 3.07. The van der Waals surface area contributed by atoms with E-state index in [0.29, 0.717) is 0 Å². The van der Waals surface area contributed by atoms with Gasteiger partial charge in [0.25, 0.3) is 7.66 Å². The summed E-state index contributed by atoms with van der Waals surface area (Å²) in [5, 5.41) is 9.43. The summed E-state index contributed by atoms with van der Waals surface area (Å²) >= 11 is 0. The molecule has 0 atom stereocenters. The Hall–Kier alpha value is 0.110. The van der Waals surface area contributed by atoms with Crippen molar-refractivity contribution >= 4 is 7.66 Å². The molecule has 0 aliphatic heterocycles. The fourth-order valence-corrected chi connectivity index (χ4v) is 2.25. The van der Waals surface area contributed by atoms with Crippen molar-refractivity contribution in [1.29, 1.82) is 5.16 Å². The predicted octanol–water partition coefficient (Wildman–Crippen LogP) is 1.42. The van der Waals surface area contributed by atoms with E-state index in [1.807, 2.05) is 0 Å². The Morgan fingerprint density at radius 2 is 1.73 bits per heavy atom. The minimum absolute atomic E-state index is 0.157. The van der Waals surface area contributed by atoms with E-state index in [1.165, 1.54) is 6.42 Å². The molecule has 1 fully saturated rings. The molecule has 0 spiro atoms. The lowest BCUT2D eigenvalue weighted by Crippen LogP contribution is -2.28. The third-order valence-corrected chi connectivity index (χ3v) is 2.69. The molecule has 66 valence electrons. The molecule has 0 radical (unpaired) electrons. The minimum atomic E-state index is -3.48. The quantitative estimate of drug-likeness (QED) is 0.483. The lowest BCUT2D eigenvalue weighted by molar-refractivity contribution is 0.374. The summed E-state index contributed by atoms with van der Waals surface area (Å²) in [6, 6.07) is 0.157. The average molecular weight is 178 g/mol. The summed E-state index contributed by atoms with van der Waals surface area (Å²) in [5.74, 6) is 0. The van der Waals surface area contributed by atoms with Crippen LogP contribution in [0.4, 0.5) is 0 Å². The van der Waals surface area contributed by atoms with Gasteiger partial charge in [-0.25, -0.2) is 5.09 Å². The molecule has 0 aromatic carbocycles. The summed E-state index contributed by atoms with van der Waals surface area (Å²) in [6.07, 6.45) is 5.46. The van der Waals surface area contributed by atoms with E-state index in [9.17, 15) is 0 Å². The fourth-order valence-electron chi connectivity index (χ4n) is 1.49. The van der Waals surface area contributed by atoms with Crippen molar-refractivity contribution in [3.63, 3.8) is 0 Å². The smallest absolute Gasteiger partial charge is 0.279 e. The largest absolute Gasteiger partial charge is 0.328 e. The maximum Gasteiger partial charge on any atom is 0.279 e. The SMILES string of the molecule is N=P(O)(O)NC1CCCCC1. The molecule has 0 unspecified atom stereocenters. The molecule has 1 aliphatic carbocycles. The molecule has 0 bridgehead atoms. The second-order valence-electron chi connectivity index (χ2n) is 3.07. The van der Waals surface area contributed by atoms with Crippen LogP contribution in [0.5, 0.6) is 0 Å². The van der Waals surface area contributed by atoms with Crippen LogP contribution in [0, 0.1) is 5.16 Å². The zero-order valence-electron chi connectivity index (χ0n) is 6.45. The van der Waals surface area contributed by atoms with E-state index in [-0.39, 0.29) is 6.04 Å². The van der Waals surface area contributed by atoms with Gasteiger partial charge in [-0.1, -0.05) is 19.3 Å². The molecule has 4 N–H and O–H groups in total. The van der Waals surface area contributed by atoms with Gasteiger partial charge in [-0.05, 0) is 12.8 Å². The highest BCUT2D eigenvalue weighted by Crippen LogP contribution is 2.33. The summed E-state index contributed by atoms with van der Waals surface area (Å²) in [7, 11) is -3.48. The van der Waals surface area contributed by atoms with Crippen molar-refractivity contribution in [3.8, 4) is 0 Å². The second kappa shape index (κ2) is 3.68. The standard InChI is InChI=1S/C6H15N2O2P/c7-11(9,10)8-6-4-2-1-3-5-6/h6H,1-5H2,(H4,7,8,9,10). The van der Waals surface area contributed by atoms with Crippen LogP contribution in [0.2, 0.25) is 0 Å². The van der Waals surface area contributed by atoms with E-state index in [1.54, 1.807) is 0 Å². The van der Waals surface area contributed by atoms with Gasteiger partial charge in [0.2, 0.25) is 0 Å². The Morgan fingerprint density at radius 3 is 2.18 bits per heavy atom. The van der Waals surface area contributed by atoms with E-state index in [2.05, 4.69) is 5.09 Å². The molecule has 0 aromatic heterocycles. The van der Waals surface area contributed by atoms with Crippen LogP contribution >= 0.6 is 7.66 Å². The van der Waals surface area contributed by atoms with Gasteiger partial charge in [0, 0.05) is 6.04 Å². The van der Waals surface area contributed by atoms with Crippen molar-refractivity contribution in [2.45, 2.75) is 38.1 Å². The number of rotatable bonds is 2. The molecule has 1 aliphatic rings. The highest BCUT2D eigenvalue weighted by atomic mass is 31.2. The van der Waals surface area contributed by atoms with Gasteiger partial charge >= 0.3 is 0 Å². The molecule has 4 nitrogen and oxygen atoms in total. The predicted molar refractivity (Wildman–Crippen MR) is 44.1 cm³/mol. The maximum absolute atomic E-state index is 8.79. The van der Waals surface area contributed by atoms with Crippen molar-refractivity contribution in [3.05, 3.63) is 0 Å². The fraction of sp³-hybridized carbons (Fsp3) is 1.00. The molecular weight excluding hydrogens is 163 g/mol. The highest BCUT2D eigenvalue weighted by Gasteiger charge is 2.18. The number of nitrogens with one attached hydrogen (secondary N) is 2. The van der Waals surface area contributed by atoms with Gasteiger partial charge in [-0.3, -0.25) is 5.16 Å².